The van der Waals surface area contributed by atoms with Gasteiger partial charge in [-0.15, -0.1) is 0 Å². The quantitative estimate of drug-likeness (QED) is 0.590. The Labute approximate surface area is 168 Å². The van der Waals surface area contributed by atoms with Crippen LogP contribution in [0.3, 0.4) is 0 Å². The van der Waals surface area contributed by atoms with Crippen LogP contribution >= 0.6 is 0 Å². The van der Waals surface area contributed by atoms with Crippen LogP contribution in [0.1, 0.15) is 42.7 Å². The normalized spacial score (nSPS) is 22.3. The molecule has 0 bridgehead atoms. The van der Waals surface area contributed by atoms with Gasteiger partial charge in [-0.05, 0) is 49.6 Å². The summed E-state index contributed by atoms with van der Waals surface area (Å²) in [4.78, 5) is 20.8. The van der Waals surface area contributed by atoms with Crippen molar-refractivity contribution in [3.8, 4) is 0 Å². The molecule has 154 valence electrons. The molecule has 2 aromatic rings. The van der Waals surface area contributed by atoms with Crippen LogP contribution < -0.4 is 11.1 Å². The Bertz CT molecular complexity index is 913. The molecule has 2 atom stereocenters. The number of amidine groups is 1. The van der Waals surface area contributed by atoms with Crippen molar-refractivity contribution in [3.63, 3.8) is 0 Å². The molecule has 1 aliphatic rings. The number of carbonyl (C=O) groups is 1. The third kappa shape index (κ3) is 4.42. The molecule has 0 aliphatic carbocycles. The minimum absolute atomic E-state index is 0.0361. The van der Waals surface area contributed by atoms with Crippen LogP contribution in [-0.4, -0.2) is 29.9 Å². The van der Waals surface area contributed by atoms with E-state index in [0.717, 1.165) is 25.1 Å². The number of halogens is 2. The van der Waals surface area contributed by atoms with Crippen molar-refractivity contribution >= 4 is 17.4 Å². The molecule has 3 N–H and O–H groups in total. The first-order chi connectivity index (χ1) is 13.9. The van der Waals surface area contributed by atoms with Crippen molar-refractivity contribution in [2.24, 2.45) is 16.6 Å². The van der Waals surface area contributed by atoms with Gasteiger partial charge < -0.3 is 15.8 Å². The van der Waals surface area contributed by atoms with E-state index >= 15 is 0 Å². The number of benzene rings is 1. The molecule has 1 aromatic carbocycles. The number of aliphatic imine (C=N–C) groups is 1. The zero-order valence-corrected chi connectivity index (χ0v) is 16.4. The number of hydrogen-bond donors (Lipinski definition) is 2. The van der Waals surface area contributed by atoms with Crippen LogP contribution in [0, 0.1) is 17.6 Å². The number of nitrogens with two attached hydrogens (primary N) is 1. The van der Waals surface area contributed by atoms with Crippen molar-refractivity contribution in [2.75, 3.05) is 18.5 Å². The van der Waals surface area contributed by atoms with Crippen molar-refractivity contribution in [2.45, 2.75) is 32.2 Å². The van der Waals surface area contributed by atoms with Gasteiger partial charge in [0.1, 0.15) is 22.9 Å². The Kier molecular flexibility index (Phi) is 6.22. The first kappa shape index (κ1) is 20.9. The summed E-state index contributed by atoms with van der Waals surface area (Å²) >= 11 is 0. The molecule has 1 amide bonds. The maximum atomic E-state index is 14.9. The van der Waals surface area contributed by atoms with Gasteiger partial charge in [-0.2, -0.15) is 0 Å². The predicted molar refractivity (Wildman–Crippen MR) is 107 cm³/mol. The molecule has 1 aromatic heterocycles. The Hall–Kier alpha value is -2.87. The van der Waals surface area contributed by atoms with Gasteiger partial charge in [0.05, 0.1) is 18.6 Å². The second-order valence-electron chi connectivity index (χ2n) is 7.13. The number of amides is 1. The molecule has 2 heterocycles. The third-order valence-corrected chi connectivity index (χ3v) is 5.13. The minimum Gasteiger partial charge on any atom is -0.388 e. The van der Waals surface area contributed by atoms with E-state index in [4.69, 9.17) is 10.5 Å². The summed E-state index contributed by atoms with van der Waals surface area (Å²) < 4.78 is 33.6. The summed E-state index contributed by atoms with van der Waals surface area (Å²) in [5.74, 6) is -1.14. The lowest BCUT2D eigenvalue weighted by Crippen LogP contribution is -2.44. The fourth-order valence-corrected chi connectivity index (χ4v) is 3.79. The number of hydrogen-bond acceptors (Lipinski definition) is 4. The second kappa shape index (κ2) is 8.65. The highest BCUT2D eigenvalue weighted by Crippen LogP contribution is 2.43. The van der Waals surface area contributed by atoms with E-state index < -0.39 is 23.1 Å². The molecule has 8 heteroatoms. The Balaban J connectivity index is 1.99. The van der Waals surface area contributed by atoms with Crippen molar-refractivity contribution in [1.82, 2.24) is 4.98 Å². The SMILES string of the molecule is CCC1CCOCC1(N=C(C)N)c1cc(NC(=O)c2ccc(F)cn2)ccc1F. The predicted octanol–water partition coefficient (Wildman–Crippen LogP) is 3.63. The van der Waals surface area contributed by atoms with Crippen LogP contribution in [-0.2, 0) is 10.3 Å². The van der Waals surface area contributed by atoms with E-state index in [1.54, 1.807) is 13.0 Å². The highest BCUT2D eigenvalue weighted by molar-refractivity contribution is 6.02. The summed E-state index contributed by atoms with van der Waals surface area (Å²) in [5.41, 5.74) is 5.66. The zero-order chi connectivity index (χ0) is 21.0. The Morgan fingerprint density at radius 2 is 2.17 bits per heavy atom. The lowest BCUT2D eigenvalue weighted by Gasteiger charge is -2.41. The number of nitrogens with one attached hydrogen (secondary N) is 1. The molecule has 0 saturated carbocycles. The standard InChI is InChI=1S/C21H24F2N4O2/c1-3-14-8-9-29-12-21(14,27-13(2)24)17-10-16(5-6-18(17)23)26-20(28)19-7-4-15(22)11-25-19/h4-7,10-11,14H,3,8-9,12H2,1-2H3,(H2,24,27)(H,26,28). The molecule has 1 fully saturated rings. The van der Waals surface area contributed by atoms with Crippen molar-refractivity contribution < 1.29 is 18.3 Å². The van der Waals surface area contributed by atoms with E-state index in [9.17, 15) is 13.6 Å². The maximum absolute atomic E-state index is 14.9. The van der Waals surface area contributed by atoms with Crippen molar-refractivity contribution in [3.05, 3.63) is 59.4 Å². The fraction of sp³-hybridized carbons (Fsp3) is 0.381. The van der Waals surface area contributed by atoms with E-state index in [-0.39, 0.29) is 18.2 Å². The Morgan fingerprint density at radius 3 is 2.83 bits per heavy atom. The minimum atomic E-state index is -0.967. The Morgan fingerprint density at radius 1 is 1.38 bits per heavy atom. The summed E-state index contributed by atoms with van der Waals surface area (Å²) in [7, 11) is 0. The van der Waals surface area contributed by atoms with Crippen LogP contribution in [0.4, 0.5) is 14.5 Å². The first-order valence-electron chi connectivity index (χ1n) is 9.48. The summed E-state index contributed by atoms with van der Waals surface area (Å²) in [6, 6.07) is 6.73. The van der Waals surface area contributed by atoms with Crippen LogP contribution in [0.2, 0.25) is 0 Å². The summed E-state index contributed by atoms with van der Waals surface area (Å²) in [6.07, 6.45) is 2.46. The maximum Gasteiger partial charge on any atom is 0.274 e. The molecule has 1 aliphatic heterocycles. The fourth-order valence-electron chi connectivity index (χ4n) is 3.79. The van der Waals surface area contributed by atoms with E-state index in [0.29, 0.717) is 23.7 Å². The average molecular weight is 402 g/mol. The van der Waals surface area contributed by atoms with E-state index in [1.807, 2.05) is 6.92 Å². The number of ether oxygens (including phenoxy) is 1. The van der Waals surface area contributed by atoms with Crippen LogP contribution in [0.25, 0.3) is 0 Å². The number of aromatic nitrogens is 1. The molecular formula is C21H24F2N4O2. The largest absolute Gasteiger partial charge is 0.388 e. The lowest BCUT2D eigenvalue weighted by molar-refractivity contribution is -0.00540. The highest BCUT2D eigenvalue weighted by Gasteiger charge is 2.44. The van der Waals surface area contributed by atoms with Gasteiger partial charge >= 0.3 is 0 Å². The van der Waals surface area contributed by atoms with Crippen molar-refractivity contribution in [1.29, 1.82) is 0 Å². The van der Waals surface area contributed by atoms with Gasteiger partial charge in [0.15, 0.2) is 0 Å². The molecule has 0 spiro atoms. The van der Waals surface area contributed by atoms with E-state index in [1.165, 1.54) is 18.2 Å². The van der Waals surface area contributed by atoms with Gasteiger partial charge in [-0.1, -0.05) is 13.3 Å². The molecular weight excluding hydrogens is 378 g/mol. The van der Waals surface area contributed by atoms with Gasteiger partial charge in [0.2, 0.25) is 0 Å². The number of anilines is 1. The molecule has 29 heavy (non-hydrogen) atoms. The zero-order valence-electron chi connectivity index (χ0n) is 16.4. The van der Waals surface area contributed by atoms with E-state index in [2.05, 4.69) is 15.3 Å². The molecule has 0 radical (unpaired) electrons. The second-order valence-corrected chi connectivity index (χ2v) is 7.13. The lowest BCUT2D eigenvalue weighted by atomic mass is 9.74. The average Bonchev–Trinajstić information content (AvgIpc) is 2.69. The van der Waals surface area contributed by atoms with Gasteiger partial charge in [0.25, 0.3) is 5.91 Å². The van der Waals surface area contributed by atoms with Gasteiger partial charge in [-0.3, -0.25) is 9.79 Å². The summed E-state index contributed by atoms with van der Waals surface area (Å²) in [6.45, 7) is 4.46. The topological polar surface area (TPSA) is 89.6 Å². The number of rotatable bonds is 5. The third-order valence-electron chi connectivity index (χ3n) is 5.13. The molecule has 3 rings (SSSR count). The van der Waals surface area contributed by atoms with Crippen LogP contribution in [0.15, 0.2) is 41.5 Å². The van der Waals surface area contributed by atoms with Gasteiger partial charge in [-0.25, -0.2) is 13.8 Å². The summed E-state index contributed by atoms with van der Waals surface area (Å²) in [5, 5.41) is 2.68. The monoisotopic (exact) mass is 402 g/mol. The number of carbonyl (C=O) groups excluding carboxylic acids is 1. The van der Waals surface area contributed by atoms with Crippen LogP contribution in [0.5, 0.6) is 0 Å². The number of nitrogens with zero attached hydrogens (tertiary/aromatic N) is 2. The van der Waals surface area contributed by atoms with Gasteiger partial charge in [0, 0.05) is 17.9 Å². The first-order valence-corrected chi connectivity index (χ1v) is 9.48. The molecule has 2 unspecified atom stereocenters. The smallest absolute Gasteiger partial charge is 0.274 e. The molecule has 1 saturated heterocycles. The highest BCUT2D eigenvalue weighted by atomic mass is 19.1. The molecule has 6 nitrogen and oxygen atoms in total. The number of pyridine rings is 1.